The van der Waals surface area contributed by atoms with Crippen LogP contribution < -0.4 is 10.6 Å². The molecular formula is C32H38N2O5. The second kappa shape index (κ2) is 13.6. The first kappa shape index (κ1) is 29.4. The average Bonchev–Trinajstić information content (AvgIpc) is 2.91. The standard InChI is InChI=1S/C32H38N2O5/c1-22(2)29(30(36)33-28(21-38-23(3)35)20-24-12-8-6-9-13-24)34-31(37)39-32(4,5)27-18-16-26(17-19-27)25-14-10-7-11-15-25/h6-19,22,28-29H,20-21H2,1-5H3,(H,33,36)(H,34,37)/t28?,29-/m0/s1. The number of carbonyl (C=O) groups excluding carboxylic acids is 3. The highest BCUT2D eigenvalue weighted by molar-refractivity contribution is 5.86. The number of amides is 2. The minimum Gasteiger partial charge on any atom is -0.464 e. The van der Waals surface area contributed by atoms with Crippen LogP contribution in [-0.4, -0.2) is 36.7 Å². The van der Waals surface area contributed by atoms with E-state index in [4.69, 9.17) is 9.47 Å². The molecule has 0 fully saturated rings. The third-order valence-electron chi connectivity index (χ3n) is 6.42. The maximum Gasteiger partial charge on any atom is 0.408 e. The minimum absolute atomic E-state index is 0.0250. The van der Waals surface area contributed by atoms with E-state index in [0.717, 1.165) is 22.3 Å². The molecule has 7 nitrogen and oxygen atoms in total. The van der Waals surface area contributed by atoms with Gasteiger partial charge in [-0.15, -0.1) is 0 Å². The molecule has 0 saturated heterocycles. The van der Waals surface area contributed by atoms with E-state index in [-0.39, 0.29) is 18.4 Å². The number of nitrogens with one attached hydrogen (secondary N) is 2. The Kier molecular flexibility index (Phi) is 10.3. The van der Waals surface area contributed by atoms with Crippen LogP contribution in [0.4, 0.5) is 4.79 Å². The van der Waals surface area contributed by atoms with Crippen LogP contribution in [0.3, 0.4) is 0 Å². The maximum atomic E-state index is 13.3. The van der Waals surface area contributed by atoms with Gasteiger partial charge in [-0.05, 0) is 48.4 Å². The number of benzene rings is 3. The second-order valence-corrected chi connectivity index (χ2v) is 10.4. The Labute approximate surface area is 230 Å². The first-order valence-electron chi connectivity index (χ1n) is 13.2. The summed E-state index contributed by atoms with van der Waals surface area (Å²) in [6, 6.07) is 26.2. The van der Waals surface area contributed by atoms with Crippen molar-refractivity contribution in [2.75, 3.05) is 6.61 Å². The van der Waals surface area contributed by atoms with Gasteiger partial charge >= 0.3 is 12.1 Å². The molecule has 2 N–H and O–H groups in total. The molecule has 0 radical (unpaired) electrons. The van der Waals surface area contributed by atoms with Crippen molar-refractivity contribution >= 4 is 18.0 Å². The summed E-state index contributed by atoms with van der Waals surface area (Å²) >= 11 is 0. The summed E-state index contributed by atoms with van der Waals surface area (Å²) in [5.74, 6) is -1.01. The molecule has 3 rings (SSSR count). The first-order valence-corrected chi connectivity index (χ1v) is 13.2. The molecule has 0 heterocycles. The summed E-state index contributed by atoms with van der Waals surface area (Å²) in [4.78, 5) is 37.6. The Morgan fingerprint density at radius 2 is 1.36 bits per heavy atom. The van der Waals surface area contributed by atoms with E-state index in [0.29, 0.717) is 6.42 Å². The van der Waals surface area contributed by atoms with Crippen molar-refractivity contribution in [3.8, 4) is 11.1 Å². The number of hydrogen-bond donors (Lipinski definition) is 2. The van der Waals surface area contributed by atoms with Crippen molar-refractivity contribution in [1.82, 2.24) is 10.6 Å². The van der Waals surface area contributed by atoms with Crippen molar-refractivity contribution in [2.45, 2.75) is 58.7 Å². The molecular weight excluding hydrogens is 492 g/mol. The van der Waals surface area contributed by atoms with Gasteiger partial charge in [-0.3, -0.25) is 9.59 Å². The molecule has 0 aliphatic heterocycles. The van der Waals surface area contributed by atoms with Crippen LogP contribution >= 0.6 is 0 Å². The predicted molar refractivity (Wildman–Crippen MR) is 152 cm³/mol. The highest BCUT2D eigenvalue weighted by Gasteiger charge is 2.31. The van der Waals surface area contributed by atoms with E-state index < -0.39 is 29.7 Å². The van der Waals surface area contributed by atoms with E-state index >= 15 is 0 Å². The Morgan fingerprint density at radius 1 is 0.795 bits per heavy atom. The third-order valence-corrected chi connectivity index (χ3v) is 6.42. The smallest absolute Gasteiger partial charge is 0.408 e. The van der Waals surface area contributed by atoms with Crippen LogP contribution in [-0.2, 0) is 31.1 Å². The van der Waals surface area contributed by atoms with Crippen LogP contribution in [0, 0.1) is 5.92 Å². The molecule has 0 aliphatic rings. The summed E-state index contributed by atoms with van der Waals surface area (Å²) in [5, 5.41) is 5.67. The lowest BCUT2D eigenvalue weighted by atomic mass is 9.95. The molecule has 7 heteroatoms. The summed E-state index contributed by atoms with van der Waals surface area (Å²) in [6.07, 6.45) is -0.221. The lowest BCUT2D eigenvalue weighted by Crippen LogP contribution is -2.54. The third kappa shape index (κ3) is 8.99. The monoisotopic (exact) mass is 530 g/mol. The fourth-order valence-corrected chi connectivity index (χ4v) is 4.24. The molecule has 2 atom stereocenters. The fourth-order valence-electron chi connectivity index (χ4n) is 4.24. The van der Waals surface area contributed by atoms with Crippen molar-refractivity contribution < 1.29 is 23.9 Å². The molecule has 0 saturated carbocycles. The van der Waals surface area contributed by atoms with Crippen LogP contribution in [0.5, 0.6) is 0 Å². The minimum atomic E-state index is -0.928. The van der Waals surface area contributed by atoms with Crippen molar-refractivity contribution in [3.05, 3.63) is 96.1 Å². The number of hydrogen-bond acceptors (Lipinski definition) is 5. The van der Waals surface area contributed by atoms with Crippen LogP contribution in [0.25, 0.3) is 11.1 Å². The van der Waals surface area contributed by atoms with Gasteiger partial charge in [0.15, 0.2) is 0 Å². The van der Waals surface area contributed by atoms with E-state index in [2.05, 4.69) is 10.6 Å². The molecule has 0 aliphatic carbocycles. The van der Waals surface area contributed by atoms with Crippen molar-refractivity contribution in [1.29, 1.82) is 0 Å². The average molecular weight is 531 g/mol. The van der Waals surface area contributed by atoms with Gasteiger partial charge < -0.3 is 20.1 Å². The Morgan fingerprint density at radius 3 is 1.92 bits per heavy atom. The van der Waals surface area contributed by atoms with Gasteiger partial charge in [-0.2, -0.15) is 0 Å². The topological polar surface area (TPSA) is 93.7 Å². The van der Waals surface area contributed by atoms with Gasteiger partial charge in [-0.1, -0.05) is 98.8 Å². The first-order chi connectivity index (χ1) is 18.5. The van der Waals surface area contributed by atoms with Crippen molar-refractivity contribution in [3.63, 3.8) is 0 Å². The molecule has 3 aromatic rings. The Bertz CT molecular complexity index is 1220. The van der Waals surface area contributed by atoms with Crippen LogP contribution in [0.1, 0.15) is 45.7 Å². The lowest BCUT2D eigenvalue weighted by molar-refractivity contribution is -0.142. The summed E-state index contributed by atoms with van der Waals surface area (Å²) in [6.45, 7) is 8.66. The SMILES string of the molecule is CC(=O)OCC(Cc1ccccc1)NC(=O)[C@@H](NC(=O)OC(C)(C)c1ccc(-c2ccccc2)cc1)C(C)C. The summed E-state index contributed by atoms with van der Waals surface area (Å²) in [7, 11) is 0. The molecule has 0 bridgehead atoms. The van der Waals surface area contributed by atoms with Gasteiger partial charge in [0, 0.05) is 6.92 Å². The molecule has 1 unspecified atom stereocenters. The van der Waals surface area contributed by atoms with E-state index in [9.17, 15) is 14.4 Å². The Hall–Kier alpha value is -4.13. The van der Waals surface area contributed by atoms with Gasteiger partial charge in [0.2, 0.25) is 5.91 Å². The largest absolute Gasteiger partial charge is 0.464 e. The molecule has 0 spiro atoms. The highest BCUT2D eigenvalue weighted by atomic mass is 16.6. The number of ether oxygens (including phenoxy) is 2. The van der Waals surface area contributed by atoms with Gasteiger partial charge in [-0.25, -0.2) is 4.79 Å². The van der Waals surface area contributed by atoms with E-state index in [1.165, 1.54) is 6.92 Å². The van der Waals surface area contributed by atoms with E-state index in [1.807, 2.05) is 113 Å². The quantitative estimate of drug-likeness (QED) is 0.314. The normalized spacial score (nSPS) is 12.8. The number of carbonyl (C=O) groups is 3. The lowest BCUT2D eigenvalue weighted by Gasteiger charge is -2.29. The van der Waals surface area contributed by atoms with Crippen LogP contribution in [0.2, 0.25) is 0 Å². The zero-order valence-electron chi connectivity index (χ0n) is 23.3. The zero-order valence-corrected chi connectivity index (χ0v) is 23.3. The number of esters is 1. The molecule has 0 aromatic heterocycles. The molecule has 206 valence electrons. The summed E-state index contributed by atoms with van der Waals surface area (Å²) in [5.41, 5.74) is 3.05. The molecule has 3 aromatic carbocycles. The Balaban J connectivity index is 1.65. The predicted octanol–water partition coefficient (Wildman–Crippen LogP) is 5.63. The molecule has 2 amide bonds. The fraction of sp³-hybridized carbons (Fsp3) is 0.344. The van der Waals surface area contributed by atoms with Gasteiger partial charge in [0.1, 0.15) is 18.2 Å². The van der Waals surface area contributed by atoms with Crippen LogP contribution in [0.15, 0.2) is 84.9 Å². The van der Waals surface area contributed by atoms with Gasteiger partial charge in [0.25, 0.3) is 0 Å². The van der Waals surface area contributed by atoms with Crippen molar-refractivity contribution in [2.24, 2.45) is 5.92 Å². The zero-order chi connectivity index (χ0) is 28.4. The highest BCUT2D eigenvalue weighted by Crippen LogP contribution is 2.28. The summed E-state index contributed by atoms with van der Waals surface area (Å²) < 4.78 is 11.0. The van der Waals surface area contributed by atoms with Gasteiger partial charge in [0.05, 0.1) is 6.04 Å². The second-order valence-electron chi connectivity index (χ2n) is 10.4. The molecule has 39 heavy (non-hydrogen) atoms. The number of rotatable bonds is 11. The number of alkyl carbamates (subject to hydrolysis) is 1. The maximum absolute atomic E-state index is 13.3. The van der Waals surface area contributed by atoms with E-state index in [1.54, 1.807) is 0 Å².